The lowest BCUT2D eigenvalue weighted by Crippen LogP contribution is -2.40. The summed E-state index contributed by atoms with van der Waals surface area (Å²) in [5.41, 5.74) is 8.22. The molecule has 4 rings (SSSR count). The zero-order chi connectivity index (χ0) is 19.0. The SMILES string of the molecule is N[C@@H]1CN(C(=O)C2CCN(c3ccc(Cl)cc3)C2=O)C[C@H]1c1ccccc1. The van der Waals surface area contributed by atoms with E-state index in [1.165, 1.54) is 0 Å². The maximum absolute atomic E-state index is 13.0. The number of anilines is 1. The van der Waals surface area contributed by atoms with Crippen molar-refractivity contribution in [2.45, 2.75) is 18.4 Å². The molecule has 2 aliphatic rings. The average Bonchev–Trinajstić information content (AvgIpc) is 3.26. The summed E-state index contributed by atoms with van der Waals surface area (Å²) >= 11 is 5.92. The Bertz CT molecular complexity index is 840. The number of amides is 2. The van der Waals surface area contributed by atoms with Crippen LogP contribution in [0, 0.1) is 5.92 Å². The maximum atomic E-state index is 13.0. The molecule has 0 aromatic heterocycles. The minimum atomic E-state index is -0.623. The van der Waals surface area contributed by atoms with Gasteiger partial charge in [0.2, 0.25) is 11.8 Å². The van der Waals surface area contributed by atoms with E-state index in [2.05, 4.69) is 0 Å². The van der Waals surface area contributed by atoms with Crippen LogP contribution in [0.4, 0.5) is 5.69 Å². The van der Waals surface area contributed by atoms with Crippen molar-refractivity contribution in [1.82, 2.24) is 4.90 Å². The normalized spacial score (nSPS) is 25.3. The van der Waals surface area contributed by atoms with Gasteiger partial charge in [0.15, 0.2) is 0 Å². The predicted octanol–water partition coefficient (Wildman–Crippen LogP) is 2.65. The highest BCUT2D eigenvalue weighted by Gasteiger charge is 2.43. The van der Waals surface area contributed by atoms with Gasteiger partial charge in [0, 0.05) is 42.3 Å². The Kier molecular flexibility index (Phi) is 4.89. The molecule has 2 fully saturated rings. The average molecular weight is 384 g/mol. The van der Waals surface area contributed by atoms with Crippen LogP contribution >= 0.6 is 11.6 Å². The Balaban J connectivity index is 1.46. The van der Waals surface area contributed by atoms with Gasteiger partial charge in [-0.1, -0.05) is 41.9 Å². The maximum Gasteiger partial charge on any atom is 0.239 e. The summed E-state index contributed by atoms with van der Waals surface area (Å²) < 4.78 is 0. The van der Waals surface area contributed by atoms with Crippen LogP contribution in [0.5, 0.6) is 0 Å². The fourth-order valence-corrected chi connectivity index (χ4v) is 4.19. The molecule has 6 heteroatoms. The number of carbonyl (C=O) groups is 2. The monoisotopic (exact) mass is 383 g/mol. The van der Waals surface area contributed by atoms with E-state index >= 15 is 0 Å². The van der Waals surface area contributed by atoms with Crippen LogP contribution in [0.15, 0.2) is 54.6 Å². The van der Waals surface area contributed by atoms with E-state index in [9.17, 15) is 9.59 Å². The second kappa shape index (κ2) is 7.33. The molecule has 2 N–H and O–H groups in total. The van der Waals surface area contributed by atoms with Crippen molar-refractivity contribution in [1.29, 1.82) is 0 Å². The van der Waals surface area contributed by atoms with E-state index in [1.54, 1.807) is 21.9 Å². The number of hydrogen-bond acceptors (Lipinski definition) is 3. The van der Waals surface area contributed by atoms with Gasteiger partial charge in [-0.3, -0.25) is 9.59 Å². The van der Waals surface area contributed by atoms with Gasteiger partial charge in [0.05, 0.1) is 0 Å². The third kappa shape index (κ3) is 3.45. The first-order chi connectivity index (χ1) is 13.0. The molecule has 0 saturated carbocycles. The highest BCUT2D eigenvalue weighted by molar-refractivity contribution is 6.30. The Morgan fingerprint density at radius 2 is 1.74 bits per heavy atom. The molecule has 2 aromatic rings. The van der Waals surface area contributed by atoms with Gasteiger partial charge in [-0.15, -0.1) is 0 Å². The third-order valence-corrected chi connectivity index (χ3v) is 5.80. The lowest BCUT2D eigenvalue weighted by molar-refractivity contribution is -0.139. The van der Waals surface area contributed by atoms with Gasteiger partial charge in [0.25, 0.3) is 0 Å². The van der Waals surface area contributed by atoms with Gasteiger partial charge in [-0.2, -0.15) is 0 Å². The predicted molar refractivity (Wildman–Crippen MR) is 106 cm³/mol. The number of hydrogen-bond donors (Lipinski definition) is 1. The summed E-state index contributed by atoms with van der Waals surface area (Å²) in [7, 11) is 0. The molecule has 0 radical (unpaired) electrons. The van der Waals surface area contributed by atoms with Crippen molar-refractivity contribution in [3.8, 4) is 0 Å². The Morgan fingerprint density at radius 3 is 2.44 bits per heavy atom. The van der Waals surface area contributed by atoms with Crippen molar-refractivity contribution in [2.24, 2.45) is 11.7 Å². The minimum absolute atomic E-state index is 0.106. The molecule has 0 aliphatic carbocycles. The van der Waals surface area contributed by atoms with Crippen LogP contribution in [-0.4, -0.2) is 42.4 Å². The van der Waals surface area contributed by atoms with Crippen LogP contribution in [0.25, 0.3) is 0 Å². The van der Waals surface area contributed by atoms with Gasteiger partial charge < -0.3 is 15.5 Å². The molecule has 1 unspecified atom stereocenters. The number of nitrogens with two attached hydrogens (primary N) is 1. The summed E-state index contributed by atoms with van der Waals surface area (Å²) in [6, 6.07) is 17.0. The van der Waals surface area contributed by atoms with Crippen molar-refractivity contribution >= 4 is 29.1 Å². The summed E-state index contributed by atoms with van der Waals surface area (Å²) in [6.45, 7) is 1.59. The number of halogens is 1. The molecule has 2 aromatic carbocycles. The van der Waals surface area contributed by atoms with E-state index in [-0.39, 0.29) is 23.8 Å². The number of carbonyl (C=O) groups excluding carboxylic acids is 2. The first-order valence-electron chi connectivity index (χ1n) is 9.21. The Morgan fingerprint density at radius 1 is 1.04 bits per heavy atom. The van der Waals surface area contributed by atoms with Crippen molar-refractivity contribution in [3.63, 3.8) is 0 Å². The fourth-order valence-electron chi connectivity index (χ4n) is 4.07. The summed E-state index contributed by atoms with van der Waals surface area (Å²) in [5.74, 6) is -0.758. The Labute approximate surface area is 163 Å². The molecule has 2 saturated heterocycles. The zero-order valence-corrected chi connectivity index (χ0v) is 15.7. The molecule has 2 heterocycles. The summed E-state index contributed by atoms with van der Waals surface area (Å²) in [6.07, 6.45) is 0.530. The van der Waals surface area contributed by atoms with E-state index in [1.807, 2.05) is 42.5 Å². The van der Waals surface area contributed by atoms with Crippen LogP contribution in [0.1, 0.15) is 17.9 Å². The van der Waals surface area contributed by atoms with Gasteiger partial charge >= 0.3 is 0 Å². The van der Waals surface area contributed by atoms with Gasteiger partial charge in [-0.05, 0) is 36.2 Å². The van der Waals surface area contributed by atoms with E-state index < -0.39 is 5.92 Å². The molecule has 2 aliphatic heterocycles. The molecule has 27 heavy (non-hydrogen) atoms. The summed E-state index contributed by atoms with van der Waals surface area (Å²) in [5, 5.41) is 0.621. The first-order valence-corrected chi connectivity index (χ1v) is 9.58. The summed E-state index contributed by atoms with van der Waals surface area (Å²) in [4.78, 5) is 29.3. The molecular formula is C21H22ClN3O2. The highest BCUT2D eigenvalue weighted by Crippen LogP contribution is 2.31. The highest BCUT2D eigenvalue weighted by atomic mass is 35.5. The molecule has 0 bridgehead atoms. The van der Waals surface area contributed by atoms with E-state index in [0.29, 0.717) is 31.1 Å². The van der Waals surface area contributed by atoms with Crippen LogP contribution in [0.2, 0.25) is 5.02 Å². The van der Waals surface area contributed by atoms with Crippen molar-refractivity contribution in [3.05, 3.63) is 65.2 Å². The van der Waals surface area contributed by atoms with Crippen LogP contribution in [0.3, 0.4) is 0 Å². The van der Waals surface area contributed by atoms with Crippen molar-refractivity contribution in [2.75, 3.05) is 24.5 Å². The largest absolute Gasteiger partial charge is 0.340 e. The van der Waals surface area contributed by atoms with E-state index in [0.717, 1.165) is 11.3 Å². The minimum Gasteiger partial charge on any atom is -0.340 e. The lowest BCUT2D eigenvalue weighted by atomic mass is 9.95. The second-order valence-electron chi connectivity index (χ2n) is 7.23. The quantitative estimate of drug-likeness (QED) is 0.828. The molecule has 140 valence electrons. The third-order valence-electron chi connectivity index (χ3n) is 5.55. The zero-order valence-electron chi connectivity index (χ0n) is 14.9. The number of rotatable bonds is 3. The number of benzene rings is 2. The van der Waals surface area contributed by atoms with Crippen LogP contribution in [-0.2, 0) is 9.59 Å². The van der Waals surface area contributed by atoms with Crippen LogP contribution < -0.4 is 10.6 Å². The molecule has 5 nitrogen and oxygen atoms in total. The fraction of sp³-hybridized carbons (Fsp3) is 0.333. The second-order valence-corrected chi connectivity index (χ2v) is 7.67. The standard InChI is InChI=1S/C21H22ClN3O2/c22-15-6-8-16(9-7-15)25-11-10-17(21(25)27)20(26)24-12-18(19(23)13-24)14-4-2-1-3-5-14/h1-9,17-19H,10-13,23H2/t17?,18-,19+/m0/s1. The topological polar surface area (TPSA) is 66.6 Å². The van der Waals surface area contributed by atoms with Gasteiger partial charge in [-0.25, -0.2) is 0 Å². The molecule has 2 amide bonds. The molecule has 3 atom stereocenters. The van der Waals surface area contributed by atoms with Crippen molar-refractivity contribution < 1.29 is 9.59 Å². The number of likely N-dealkylation sites (tertiary alicyclic amines) is 1. The lowest BCUT2D eigenvalue weighted by Gasteiger charge is -2.21. The number of nitrogens with zero attached hydrogens (tertiary/aromatic N) is 2. The first kappa shape index (κ1) is 18.0. The molecular weight excluding hydrogens is 362 g/mol. The smallest absolute Gasteiger partial charge is 0.239 e. The van der Waals surface area contributed by atoms with Gasteiger partial charge in [0.1, 0.15) is 5.92 Å². The molecule has 0 spiro atoms. The Hall–Kier alpha value is -2.37. The van der Waals surface area contributed by atoms with E-state index in [4.69, 9.17) is 17.3 Å².